The summed E-state index contributed by atoms with van der Waals surface area (Å²) in [6.45, 7) is 4.12. The van der Waals surface area contributed by atoms with Gasteiger partial charge in [0.05, 0.1) is 24.4 Å². The van der Waals surface area contributed by atoms with Gasteiger partial charge in [0.15, 0.2) is 0 Å². The van der Waals surface area contributed by atoms with Gasteiger partial charge in [0.1, 0.15) is 0 Å². The molecular weight excluding hydrogens is 331 g/mol. The second-order valence-corrected chi connectivity index (χ2v) is 5.23. The van der Waals surface area contributed by atoms with E-state index in [1.807, 2.05) is 23.0 Å². The molecule has 0 saturated heterocycles. The van der Waals surface area contributed by atoms with Crippen molar-refractivity contribution in [2.75, 3.05) is 7.11 Å². The standard InChI is InChI=1S/C12H13IN2O2/c1-7(2)15-11-5-8(12(16)17-3)4-10(13)9(11)6-14-15/h4-7H,1-3H3. The lowest BCUT2D eigenvalue weighted by molar-refractivity contribution is 0.0601. The average Bonchev–Trinajstić information content (AvgIpc) is 2.72. The number of esters is 1. The van der Waals surface area contributed by atoms with Crippen LogP contribution in [0.4, 0.5) is 0 Å². The number of halogens is 1. The van der Waals surface area contributed by atoms with Gasteiger partial charge >= 0.3 is 5.97 Å². The van der Waals surface area contributed by atoms with E-state index >= 15 is 0 Å². The molecule has 0 aliphatic rings. The fourth-order valence-corrected chi connectivity index (χ4v) is 2.50. The smallest absolute Gasteiger partial charge is 0.337 e. The third-order valence-electron chi connectivity index (χ3n) is 2.58. The second-order valence-electron chi connectivity index (χ2n) is 4.07. The fraction of sp³-hybridized carbons (Fsp3) is 0.333. The number of ether oxygens (including phenoxy) is 1. The maximum absolute atomic E-state index is 11.6. The molecule has 1 aromatic heterocycles. The summed E-state index contributed by atoms with van der Waals surface area (Å²) in [4.78, 5) is 11.6. The van der Waals surface area contributed by atoms with Crippen LogP contribution in [0.1, 0.15) is 30.2 Å². The normalized spacial score (nSPS) is 11.1. The SMILES string of the molecule is COC(=O)c1cc(I)c2cnn(C(C)C)c2c1. The van der Waals surface area contributed by atoms with Gasteiger partial charge in [0.25, 0.3) is 0 Å². The van der Waals surface area contributed by atoms with Gasteiger partial charge < -0.3 is 4.74 Å². The Kier molecular flexibility index (Phi) is 3.37. The van der Waals surface area contributed by atoms with Gasteiger partial charge in [0.2, 0.25) is 0 Å². The number of rotatable bonds is 2. The summed E-state index contributed by atoms with van der Waals surface area (Å²) in [5.74, 6) is -0.318. The van der Waals surface area contributed by atoms with E-state index in [1.165, 1.54) is 7.11 Å². The number of carbonyl (C=O) groups is 1. The molecule has 0 N–H and O–H groups in total. The largest absolute Gasteiger partial charge is 0.465 e. The lowest BCUT2D eigenvalue weighted by Crippen LogP contribution is -2.05. The van der Waals surface area contributed by atoms with Crippen molar-refractivity contribution in [2.45, 2.75) is 19.9 Å². The molecule has 0 fully saturated rings. The lowest BCUT2D eigenvalue weighted by Gasteiger charge is -2.08. The highest BCUT2D eigenvalue weighted by Gasteiger charge is 2.13. The Hall–Kier alpha value is -1.11. The highest BCUT2D eigenvalue weighted by molar-refractivity contribution is 14.1. The minimum absolute atomic E-state index is 0.260. The first-order valence-corrected chi connectivity index (χ1v) is 6.37. The van der Waals surface area contributed by atoms with Gasteiger partial charge in [-0.25, -0.2) is 4.79 Å². The van der Waals surface area contributed by atoms with Gasteiger partial charge in [-0.1, -0.05) is 0 Å². The molecule has 0 unspecified atom stereocenters. The summed E-state index contributed by atoms with van der Waals surface area (Å²) in [5.41, 5.74) is 1.53. The highest BCUT2D eigenvalue weighted by atomic mass is 127. The van der Waals surface area contributed by atoms with Crippen LogP contribution in [0.15, 0.2) is 18.3 Å². The van der Waals surface area contributed by atoms with Gasteiger partial charge in [-0.2, -0.15) is 5.10 Å². The summed E-state index contributed by atoms with van der Waals surface area (Å²) in [6.07, 6.45) is 1.83. The zero-order valence-corrected chi connectivity index (χ0v) is 12.1. The Bertz CT molecular complexity index is 575. The van der Waals surface area contributed by atoms with Crippen molar-refractivity contribution in [1.29, 1.82) is 0 Å². The van der Waals surface area contributed by atoms with Crippen LogP contribution >= 0.6 is 22.6 Å². The number of hydrogen-bond donors (Lipinski definition) is 0. The summed E-state index contributed by atoms with van der Waals surface area (Å²) in [7, 11) is 1.39. The van der Waals surface area contributed by atoms with Crippen molar-refractivity contribution in [3.8, 4) is 0 Å². The quantitative estimate of drug-likeness (QED) is 0.621. The summed E-state index contributed by atoms with van der Waals surface area (Å²) >= 11 is 2.21. The summed E-state index contributed by atoms with van der Waals surface area (Å²) < 4.78 is 7.66. The van der Waals surface area contributed by atoms with E-state index < -0.39 is 0 Å². The molecule has 0 spiro atoms. The Labute approximate surface area is 113 Å². The van der Waals surface area contributed by atoms with E-state index in [4.69, 9.17) is 4.74 Å². The van der Waals surface area contributed by atoms with Crippen LogP contribution < -0.4 is 0 Å². The molecule has 90 valence electrons. The predicted molar refractivity (Wildman–Crippen MR) is 74.2 cm³/mol. The highest BCUT2D eigenvalue weighted by Crippen LogP contribution is 2.25. The van der Waals surface area contributed by atoms with Gasteiger partial charge in [-0.05, 0) is 48.6 Å². The van der Waals surface area contributed by atoms with Crippen LogP contribution in [0.2, 0.25) is 0 Å². The van der Waals surface area contributed by atoms with Crippen LogP contribution in [-0.4, -0.2) is 22.9 Å². The van der Waals surface area contributed by atoms with E-state index in [2.05, 4.69) is 41.5 Å². The van der Waals surface area contributed by atoms with Crippen molar-refractivity contribution in [3.63, 3.8) is 0 Å². The molecule has 0 bridgehead atoms. The number of benzene rings is 1. The molecule has 2 rings (SSSR count). The molecule has 0 aliphatic carbocycles. The summed E-state index contributed by atoms with van der Waals surface area (Å²) in [6, 6.07) is 3.91. The Morgan fingerprint density at radius 1 is 1.47 bits per heavy atom. The van der Waals surface area contributed by atoms with Gasteiger partial charge in [-0.15, -0.1) is 0 Å². The fourth-order valence-electron chi connectivity index (χ4n) is 1.75. The van der Waals surface area contributed by atoms with Crippen molar-refractivity contribution < 1.29 is 9.53 Å². The molecule has 1 heterocycles. The van der Waals surface area contributed by atoms with Crippen LogP contribution in [0.5, 0.6) is 0 Å². The van der Waals surface area contributed by atoms with Crippen molar-refractivity contribution in [2.24, 2.45) is 0 Å². The number of hydrogen-bond acceptors (Lipinski definition) is 3. The number of methoxy groups -OCH3 is 1. The Morgan fingerprint density at radius 2 is 2.18 bits per heavy atom. The number of nitrogens with zero attached hydrogens (tertiary/aromatic N) is 2. The molecule has 2 aromatic rings. The second kappa shape index (κ2) is 4.64. The van der Waals surface area contributed by atoms with Crippen molar-refractivity contribution in [3.05, 3.63) is 27.5 Å². The van der Waals surface area contributed by atoms with Crippen LogP contribution in [0, 0.1) is 3.57 Å². The molecule has 5 heteroatoms. The molecule has 0 radical (unpaired) electrons. The zero-order valence-electron chi connectivity index (χ0n) is 9.90. The molecule has 0 amide bonds. The van der Waals surface area contributed by atoms with Crippen LogP contribution in [-0.2, 0) is 4.74 Å². The molecule has 0 aliphatic heterocycles. The Morgan fingerprint density at radius 3 is 2.76 bits per heavy atom. The maximum Gasteiger partial charge on any atom is 0.337 e. The van der Waals surface area contributed by atoms with E-state index in [0.717, 1.165) is 14.5 Å². The minimum atomic E-state index is -0.318. The molecule has 0 saturated carbocycles. The minimum Gasteiger partial charge on any atom is -0.465 e. The topological polar surface area (TPSA) is 44.1 Å². The predicted octanol–water partition coefficient (Wildman–Crippen LogP) is 3.01. The molecule has 17 heavy (non-hydrogen) atoms. The van der Waals surface area contributed by atoms with Gasteiger partial charge in [-0.3, -0.25) is 4.68 Å². The first kappa shape index (κ1) is 12.3. The molecule has 1 aromatic carbocycles. The average molecular weight is 344 g/mol. The van der Waals surface area contributed by atoms with E-state index in [1.54, 1.807) is 0 Å². The van der Waals surface area contributed by atoms with Crippen molar-refractivity contribution in [1.82, 2.24) is 9.78 Å². The first-order valence-electron chi connectivity index (χ1n) is 5.29. The van der Waals surface area contributed by atoms with Crippen LogP contribution in [0.3, 0.4) is 0 Å². The van der Waals surface area contributed by atoms with Gasteiger partial charge in [0, 0.05) is 15.0 Å². The number of aromatic nitrogens is 2. The van der Waals surface area contributed by atoms with E-state index in [-0.39, 0.29) is 12.0 Å². The Balaban J connectivity index is 2.69. The first-order chi connectivity index (χ1) is 8.04. The molecule has 4 nitrogen and oxygen atoms in total. The molecule has 0 atom stereocenters. The third-order valence-corrected chi connectivity index (χ3v) is 3.47. The number of carbonyl (C=O) groups excluding carboxylic acids is 1. The maximum atomic E-state index is 11.6. The molecular formula is C12H13IN2O2. The lowest BCUT2D eigenvalue weighted by atomic mass is 10.1. The summed E-state index contributed by atoms with van der Waals surface area (Å²) in [5, 5.41) is 5.40. The van der Waals surface area contributed by atoms with E-state index in [9.17, 15) is 4.79 Å². The van der Waals surface area contributed by atoms with E-state index in [0.29, 0.717) is 5.56 Å². The third kappa shape index (κ3) is 2.15. The zero-order chi connectivity index (χ0) is 12.6. The van der Waals surface area contributed by atoms with Crippen LogP contribution in [0.25, 0.3) is 10.9 Å². The monoisotopic (exact) mass is 344 g/mol. The van der Waals surface area contributed by atoms with Crippen molar-refractivity contribution >= 4 is 39.5 Å². The number of fused-ring (bicyclic) bond motifs is 1.